The monoisotopic (exact) mass is 214 g/mol. The standard InChI is InChI=1S/C9H12NO3S/c1-7(11)13-9-8(12-2)5-4-6-10(9)14-3/h4-6H,1-3H3/q+1. The van der Waals surface area contributed by atoms with Gasteiger partial charge in [-0.25, -0.2) is 0 Å². The zero-order chi connectivity index (χ0) is 10.6. The van der Waals surface area contributed by atoms with Gasteiger partial charge in [0.1, 0.15) is 0 Å². The summed E-state index contributed by atoms with van der Waals surface area (Å²) in [5.74, 6) is 0.587. The van der Waals surface area contributed by atoms with Gasteiger partial charge in [0.15, 0.2) is 18.1 Å². The van der Waals surface area contributed by atoms with Crippen LogP contribution in [0.4, 0.5) is 0 Å². The zero-order valence-corrected chi connectivity index (χ0v) is 9.13. The summed E-state index contributed by atoms with van der Waals surface area (Å²) in [4.78, 5) is 10.8. The predicted molar refractivity (Wildman–Crippen MR) is 53.4 cm³/mol. The highest BCUT2D eigenvalue weighted by atomic mass is 32.2. The highest BCUT2D eigenvalue weighted by Gasteiger charge is 2.20. The van der Waals surface area contributed by atoms with E-state index in [1.165, 1.54) is 26.0 Å². The lowest BCUT2D eigenvalue weighted by Crippen LogP contribution is -2.28. The number of hydrogen-bond donors (Lipinski definition) is 0. The highest BCUT2D eigenvalue weighted by molar-refractivity contribution is 7.92. The van der Waals surface area contributed by atoms with Crippen molar-refractivity contribution in [3.05, 3.63) is 18.3 Å². The van der Waals surface area contributed by atoms with Crippen molar-refractivity contribution in [1.82, 2.24) is 0 Å². The molecule has 14 heavy (non-hydrogen) atoms. The van der Waals surface area contributed by atoms with E-state index in [-0.39, 0.29) is 5.97 Å². The smallest absolute Gasteiger partial charge is 0.432 e. The molecule has 5 heteroatoms. The third-order valence-corrected chi connectivity index (χ3v) is 2.22. The molecular weight excluding hydrogens is 202 g/mol. The van der Waals surface area contributed by atoms with Crippen molar-refractivity contribution in [2.45, 2.75) is 6.92 Å². The average molecular weight is 214 g/mol. The van der Waals surface area contributed by atoms with Crippen molar-refractivity contribution in [3.8, 4) is 11.6 Å². The lowest BCUT2D eigenvalue weighted by molar-refractivity contribution is -0.502. The number of rotatable bonds is 3. The highest BCUT2D eigenvalue weighted by Crippen LogP contribution is 2.22. The van der Waals surface area contributed by atoms with Crippen molar-refractivity contribution >= 4 is 17.9 Å². The Kier molecular flexibility index (Phi) is 3.76. The Bertz CT molecular complexity index is 319. The van der Waals surface area contributed by atoms with Crippen LogP contribution in [0.3, 0.4) is 0 Å². The maximum Gasteiger partial charge on any atom is 0.432 e. The molecule has 0 aromatic carbocycles. The molecule has 0 unspecified atom stereocenters. The van der Waals surface area contributed by atoms with Crippen LogP contribution >= 0.6 is 11.9 Å². The van der Waals surface area contributed by atoms with Crippen LogP contribution in [0.15, 0.2) is 18.3 Å². The first-order valence-corrected chi connectivity index (χ1v) is 5.18. The first-order valence-electron chi connectivity index (χ1n) is 4.00. The maximum atomic E-state index is 10.8. The van der Waals surface area contributed by atoms with Gasteiger partial charge in [-0.15, -0.1) is 0 Å². The lowest BCUT2D eigenvalue weighted by Gasteiger charge is -2.03. The van der Waals surface area contributed by atoms with E-state index in [0.29, 0.717) is 11.6 Å². The summed E-state index contributed by atoms with van der Waals surface area (Å²) >= 11 is 1.43. The van der Waals surface area contributed by atoms with E-state index in [1.54, 1.807) is 16.2 Å². The van der Waals surface area contributed by atoms with Gasteiger partial charge in [0, 0.05) is 19.2 Å². The minimum Gasteiger partial charge on any atom is -0.488 e. The number of hydrogen-bond acceptors (Lipinski definition) is 4. The van der Waals surface area contributed by atoms with Crippen LogP contribution in [-0.4, -0.2) is 19.3 Å². The van der Waals surface area contributed by atoms with E-state index in [1.807, 2.05) is 12.3 Å². The molecule has 0 radical (unpaired) electrons. The zero-order valence-electron chi connectivity index (χ0n) is 8.31. The fraction of sp³-hybridized carbons (Fsp3) is 0.333. The van der Waals surface area contributed by atoms with Crippen LogP contribution in [0.25, 0.3) is 0 Å². The molecule has 0 fully saturated rings. The topological polar surface area (TPSA) is 39.4 Å². The molecule has 1 heterocycles. The number of pyridine rings is 1. The fourth-order valence-corrected chi connectivity index (χ4v) is 1.47. The molecule has 0 aliphatic rings. The van der Waals surface area contributed by atoms with E-state index >= 15 is 0 Å². The Morgan fingerprint density at radius 2 is 2.29 bits per heavy atom. The lowest BCUT2D eigenvalue weighted by atomic mass is 10.4. The predicted octanol–water partition coefficient (Wildman–Crippen LogP) is 1.03. The van der Waals surface area contributed by atoms with Gasteiger partial charge in [0.25, 0.3) is 0 Å². The summed E-state index contributed by atoms with van der Waals surface area (Å²) in [6.07, 6.45) is 3.68. The van der Waals surface area contributed by atoms with Crippen LogP contribution in [0.2, 0.25) is 0 Å². The molecule has 1 aromatic rings. The van der Waals surface area contributed by atoms with Crippen LogP contribution in [0.5, 0.6) is 11.6 Å². The van der Waals surface area contributed by atoms with Gasteiger partial charge in [-0.2, -0.15) is 0 Å². The SMILES string of the molecule is COc1ccc[n+](SC)c1OC(C)=O. The van der Waals surface area contributed by atoms with Crippen LogP contribution in [0, 0.1) is 0 Å². The van der Waals surface area contributed by atoms with Gasteiger partial charge in [0.05, 0.1) is 7.11 Å². The van der Waals surface area contributed by atoms with Crippen LogP contribution in [0.1, 0.15) is 6.92 Å². The van der Waals surface area contributed by atoms with E-state index < -0.39 is 0 Å². The average Bonchev–Trinajstić information content (AvgIpc) is 2.17. The van der Waals surface area contributed by atoms with E-state index in [2.05, 4.69) is 0 Å². The van der Waals surface area contributed by atoms with Crippen LogP contribution in [-0.2, 0) is 4.79 Å². The summed E-state index contributed by atoms with van der Waals surface area (Å²) < 4.78 is 11.8. The van der Waals surface area contributed by atoms with Crippen molar-refractivity contribution in [1.29, 1.82) is 0 Å². The molecule has 0 spiro atoms. The Balaban J connectivity index is 3.12. The van der Waals surface area contributed by atoms with E-state index in [0.717, 1.165) is 0 Å². The van der Waals surface area contributed by atoms with Crippen molar-refractivity contribution in [2.75, 3.05) is 13.4 Å². The normalized spacial score (nSPS) is 9.64. The largest absolute Gasteiger partial charge is 0.488 e. The third kappa shape index (κ3) is 2.38. The second-order valence-corrected chi connectivity index (χ2v) is 3.24. The number of esters is 1. The fourth-order valence-electron chi connectivity index (χ4n) is 0.987. The molecule has 0 N–H and O–H groups in total. The maximum absolute atomic E-state index is 10.8. The van der Waals surface area contributed by atoms with Gasteiger partial charge >= 0.3 is 11.8 Å². The molecule has 1 aromatic heterocycles. The number of ether oxygens (including phenoxy) is 2. The molecule has 4 nitrogen and oxygen atoms in total. The Hall–Kier alpha value is -1.23. The number of methoxy groups -OCH3 is 1. The number of aromatic nitrogens is 1. The van der Waals surface area contributed by atoms with Gasteiger partial charge < -0.3 is 9.47 Å². The van der Waals surface area contributed by atoms with Gasteiger partial charge in [0.2, 0.25) is 5.75 Å². The summed E-state index contributed by atoms with van der Waals surface area (Å²) in [5.41, 5.74) is 0. The Morgan fingerprint density at radius 1 is 1.57 bits per heavy atom. The van der Waals surface area contributed by atoms with Gasteiger partial charge in [-0.1, -0.05) is 3.97 Å². The molecule has 0 aliphatic heterocycles. The van der Waals surface area contributed by atoms with Gasteiger partial charge in [-0.3, -0.25) is 4.79 Å². The molecule has 0 bridgehead atoms. The van der Waals surface area contributed by atoms with Crippen molar-refractivity contribution in [3.63, 3.8) is 0 Å². The van der Waals surface area contributed by atoms with Crippen molar-refractivity contribution in [2.24, 2.45) is 0 Å². The van der Waals surface area contributed by atoms with Crippen LogP contribution < -0.4 is 13.4 Å². The molecule has 0 aliphatic carbocycles. The second-order valence-electron chi connectivity index (χ2n) is 2.48. The molecular formula is C9H12NO3S+. The first kappa shape index (κ1) is 10.8. The quantitative estimate of drug-likeness (QED) is 0.556. The Morgan fingerprint density at radius 3 is 2.79 bits per heavy atom. The molecule has 0 saturated heterocycles. The summed E-state index contributed by atoms with van der Waals surface area (Å²) in [6, 6.07) is 3.56. The summed E-state index contributed by atoms with van der Waals surface area (Å²) in [7, 11) is 1.53. The summed E-state index contributed by atoms with van der Waals surface area (Å²) in [5, 5.41) is 0. The number of carbonyl (C=O) groups excluding carboxylic acids is 1. The summed E-state index contributed by atoms with van der Waals surface area (Å²) in [6.45, 7) is 1.36. The second kappa shape index (κ2) is 4.85. The number of carbonyl (C=O) groups is 1. The molecule has 0 atom stereocenters. The number of nitrogens with zero attached hydrogens (tertiary/aromatic N) is 1. The van der Waals surface area contributed by atoms with E-state index in [9.17, 15) is 4.79 Å². The minimum atomic E-state index is -0.364. The van der Waals surface area contributed by atoms with Gasteiger partial charge in [-0.05, 0) is 6.07 Å². The third-order valence-electron chi connectivity index (χ3n) is 1.54. The molecule has 0 amide bonds. The van der Waals surface area contributed by atoms with E-state index in [4.69, 9.17) is 9.47 Å². The molecule has 76 valence electrons. The Labute approximate surface area is 87.0 Å². The minimum absolute atomic E-state index is 0.364. The van der Waals surface area contributed by atoms with Crippen molar-refractivity contribution < 1.29 is 18.2 Å². The first-order chi connectivity index (χ1) is 6.69. The molecule has 0 saturated carbocycles. The molecule has 1 rings (SSSR count).